The number of nitrogens with one attached hydrogen (secondary N) is 1. The van der Waals surface area contributed by atoms with Gasteiger partial charge in [-0.3, -0.25) is 4.98 Å². The molecule has 3 nitrogen and oxygen atoms in total. The second-order valence-corrected chi connectivity index (χ2v) is 5.56. The predicted molar refractivity (Wildman–Crippen MR) is 76.9 cm³/mol. The predicted octanol–water partition coefficient (Wildman–Crippen LogP) is 3.45. The second-order valence-electron chi connectivity index (χ2n) is 4.64. The van der Waals surface area contributed by atoms with E-state index < -0.39 is 0 Å². The lowest BCUT2D eigenvalue weighted by Crippen LogP contribution is -2.14. The minimum absolute atomic E-state index is 0.621. The molecule has 1 saturated heterocycles. The summed E-state index contributed by atoms with van der Waals surface area (Å²) in [6.45, 7) is 2.72. The van der Waals surface area contributed by atoms with Crippen molar-refractivity contribution in [1.82, 2.24) is 4.98 Å². The van der Waals surface area contributed by atoms with Crippen molar-refractivity contribution in [3.8, 4) is 0 Å². The van der Waals surface area contributed by atoms with Crippen LogP contribution < -0.4 is 5.32 Å². The molecule has 94 valence electrons. The largest absolute Gasteiger partial charge is 0.383 e. The molecular formula is C14H15BrN2O. The Hall–Kier alpha value is -1.13. The molecule has 0 spiro atoms. The van der Waals surface area contributed by atoms with E-state index in [1.807, 2.05) is 6.20 Å². The monoisotopic (exact) mass is 306 g/mol. The van der Waals surface area contributed by atoms with E-state index >= 15 is 0 Å². The SMILES string of the molecule is Brc1cnc2c(NCC3CCOC3)cccc2c1. The molecule has 1 aromatic heterocycles. The van der Waals surface area contributed by atoms with Gasteiger partial charge in [-0.1, -0.05) is 12.1 Å². The van der Waals surface area contributed by atoms with Crippen LogP contribution in [0.4, 0.5) is 5.69 Å². The van der Waals surface area contributed by atoms with E-state index in [0.717, 1.165) is 47.2 Å². The number of aromatic nitrogens is 1. The maximum Gasteiger partial charge on any atom is 0.0934 e. The Morgan fingerprint density at radius 3 is 3.22 bits per heavy atom. The number of pyridine rings is 1. The van der Waals surface area contributed by atoms with Gasteiger partial charge >= 0.3 is 0 Å². The van der Waals surface area contributed by atoms with E-state index in [4.69, 9.17) is 4.74 Å². The van der Waals surface area contributed by atoms with Gasteiger partial charge in [0, 0.05) is 35.1 Å². The highest BCUT2D eigenvalue weighted by atomic mass is 79.9. The van der Waals surface area contributed by atoms with Crippen LogP contribution in [0.25, 0.3) is 10.9 Å². The molecule has 1 fully saturated rings. The number of halogens is 1. The fourth-order valence-electron chi connectivity index (χ4n) is 2.28. The first-order valence-corrected chi connectivity index (χ1v) is 6.98. The summed E-state index contributed by atoms with van der Waals surface area (Å²) < 4.78 is 6.40. The maximum atomic E-state index is 5.39. The fourth-order valence-corrected chi connectivity index (χ4v) is 2.62. The van der Waals surface area contributed by atoms with Crippen molar-refractivity contribution in [2.45, 2.75) is 6.42 Å². The fraction of sp³-hybridized carbons (Fsp3) is 0.357. The number of anilines is 1. The summed E-state index contributed by atoms with van der Waals surface area (Å²) in [6, 6.07) is 8.31. The molecule has 2 heterocycles. The molecule has 2 aromatic rings. The van der Waals surface area contributed by atoms with E-state index in [1.165, 1.54) is 0 Å². The van der Waals surface area contributed by atoms with Crippen LogP contribution in [0.3, 0.4) is 0 Å². The summed E-state index contributed by atoms with van der Waals surface area (Å²) in [5.74, 6) is 0.621. The number of fused-ring (bicyclic) bond motifs is 1. The highest BCUT2D eigenvalue weighted by Crippen LogP contribution is 2.24. The van der Waals surface area contributed by atoms with Crippen molar-refractivity contribution < 1.29 is 4.74 Å². The van der Waals surface area contributed by atoms with Crippen LogP contribution in [0.1, 0.15) is 6.42 Å². The normalized spacial score (nSPS) is 19.3. The zero-order chi connectivity index (χ0) is 12.4. The molecule has 1 aliphatic rings. The molecule has 0 amide bonds. The standard InChI is InChI=1S/C14H15BrN2O/c15-12-6-11-2-1-3-13(14(11)17-8-12)16-7-10-4-5-18-9-10/h1-3,6,8,10,16H,4-5,7,9H2. The third-order valence-electron chi connectivity index (χ3n) is 3.28. The molecule has 0 aliphatic carbocycles. The van der Waals surface area contributed by atoms with Crippen LogP contribution in [0.15, 0.2) is 34.9 Å². The molecule has 0 saturated carbocycles. The van der Waals surface area contributed by atoms with Gasteiger partial charge in [0.15, 0.2) is 0 Å². The molecule has 1 aromatic carbocycles. The van der Waals surface area contributed by atoms with Crippen LogP contribution in [0, 0.1) is 5.92 Å². The Balaban J connectivity index is 1.82. The zero-order valence-corrected chi connectivity index (χ0v) is 11.6. The molecular weight excluding hydrogens is 292 g/mol. The van der Waals surface area contributed by atoms with Gasteiger partial charge in [0.25, 0.3) is 0 Å². The Labute approximate surface area is 115 Å². The Bertz CT molecular complexity index is 552. The zero-order valence-electron chi connectivity index (χ0n) is 10.0. The van der Waals surface area contributed by atoms with Crippen molar-refractivity contribution in [3.63, 3.8) is 0 Å². The number of ether oxygens (including phenoxy) is 1. The van der Waals surface area contributed by atoms with Crippen molar-refractivity contribution in [3.05, 3.63) is 34.9 Å². The third kappa shape index (κ3) is 2.49. The van der Waals surface area contributed by atoms with E-state index in [2.05, 4.69) is 50.5 Å². The number of nitrogens with zero attached hydrogens (tertiary/aromatic N) is 1. The van der Waals surface area contributed by atoms with Gasteiger partial charge in [0.1, 0.15) is 0 Å². The molecule has 1 atom stereocenters. The quantitative estimate of drug-likeness (QED) is 0.943. The van der Waals surface area contributed by atoms with Crippen LogP contribution in [0.2, 0.25) is 0 Å². The average Bonchev–Trinajstić information content (AvgIpc) is 2.89. The molecule has 0 radical (unpaired) electrons. The van der Waals surface area contributed by atoms with Gasteiger partial charge in [-0.15, -0.1) is 0 Å². The summed E-state index contributed by atoms with van der Waals surface area (Å²) in [7, 11) is 0. The first-order chi connectivity index (χ1) is 8.83. The molecule has 1 unspecified atom stereocenters. The van der Waals surface area contributed by atoms with Crippen LogP contribution in [-0.2, 0) is 4.74 Å². The third-order valence-corrected chi connectivity index (χ3v) is 3.72. The number of benzene rings is 1. The van der Waals surface area contributed by atoms with E-state index in [1.54, 1.807) is 0 Å². The van der Waals surface area contributed by atoms with Gasteiger partial charge in [-0.2, -0.15) is 0 Å². The van der Waals surface area contributed by atoms with E-state index in [9.17, 15) is 0 Å². The molecule has 0 bridgehead atoms. The molecule has 1 N–H and O–H groups in total. The lowest BCUT2D eigenvalue weighted by atomic mass is 10.1. The number of hydrogen-bond donors (Lipinski definition) is 1. The lowest BCUT2D eigenvalue weighted by molar-refractivity contribution is 0.187. The van der Waals surface area contributed by atoms with Gasteiger partial charge in [0.2, 0.25) is 0 Å². The van der Waals surface area contributed by atoms with Gasteiger partial charge in [-0.05, 0) is 34.5 Å². The number of rotatable bonds is 3. The number of hydrogen-bond acceptors (Lipinski definition) is 3. The summed E-state index contributed by atoms with van der Waals surface area (Å²) in [5.41, 5.74) is 2.13. The smallest absolute Gasteiger partial charge is 0.0934 e. The lowest BCUT2D eigenvalue weighted by Gasteiger charge is -2.12. The average molecular weight is 307 g/mol. The second kappa shape index (κ2) is 5.24. The summed E-state index contributed by atoms with van der Waals surface area (Å²) >= 11 is 3.45. The van der Waals surface area contributed by atoms with Crippen molar-refractivity contribution in [1.29, 1.82) is 0 Å². The molecule has 1 aliphatic heterocycles. The van der Waals surface area contributed by atoms with Crippen molar-refractivity contribution in [2.24, 2.45) is 5.92 Å². The minimum Gasteiger partial charge on any atom is -0.383 e. The number of para-hydroxylation sites is 1. The molecule has 4 heteroatoms. The van der Waals surface area contributed by atoms with Crippen LogP contribution >= 0.6 is 15.9 Å². The summed E-state index contributed by atoms with van der Waals surface area (Å²) in [6.07, 6.45) is 2.99. The minimum atomic E-state index is 0.621. The Morgan fingerprint density at radius 1 is 1.44 bits per heavy atom. The highest BCUT2D eigenvalue weighted by molar-refractivity contribution is 9.10. The molecule has 3 rings (SSSR count). The van der Waals surface area contributed by atoms with Crippen molar-refractivity contribution >= 4 is 32.5 Å². The van der Waals surface area contributed by atoms with Crippen LogP contribution in [-0.4, -0.2) is 24.7 Å². The first-order valence-electron chi connectivity index (χ1n) is 6.19. The van der Waals surface area contributed by atoms with Gasteiger partial charge in [-0.25, -0.2) is 0 Å². The highest BCUT2D eigenvalue weighted by Gasteiger charge is 2.15. The first kappa shape index (κ1) is 11.9. The van der Waals surface area contributed by atoms with E-state index in [0.29, 0.717) is 5.92 Å². The van der Waals surface area contributed by atoms with Gasteiger partial charge < -0.3 is 10.1 Å². The van der Waals surface area contributed by atoms with Crippen molar-refractivity contribution in [2.75, 3.05) is 25.1 Å². The maximum absolute atomic E-state index is 5.39. The van der Waals surface area contributed by atoms with Crippen LogP contribution in [0.5, 0.6) is 0 Å². The summed E-state index contributed by atoms with van der Waals surface area (Å²) in [5, 5.41) is 4.64. The summed E-state index contributed by atoms with van der Waals surface area (Å²) in [4.78, 5) is 4.49. The topological polar surface area (TPSA) is 34.2 Å². The Kier molecular flexibility index (Phi) is 3.48. The Morgan fingerprint density at radius 2 is 2.39 bits per heavy atom. The van der Waals surface area contributed by atoms with E-state index in [-0.39, 0.29) is 0 Å². The van der Waals surface area contributed by atoms with Gasteiger partial charge in [0.05, 0.1) is 17.8 Å². The molecule has 18 heavy (non-hydrogen) atoms.